The van der Waals surface area contributed by atoms with E-state index in [2.05, 4.69) is 0 Å². The minimum Gasteiger partial charge on any atom is -0.508 e. The topological polar surface area (TPSA) is 93.1 Å². The standard InChI is InChI=1S/C19H18O6/c1-3-4-9-8-24-19(2)13(9)7-12-16(22)15-11(17(23)18(12)25-19)5-10(20)6-14(15)21/h3-6,9,13,20-21H,7-8H2,1-2H3. The fraction of sp³-hybridized carbons (Fsp3) is 0.368. The fourth-order valence-corrected chi connectivity index (χ4v) is 4.01. The largest absolute Gasteiger partial charge is 0.508 e. The number of hydrogen-bond donors (Lipinski definition) is 2. The number of fused-ring (bicyclic) bond motifs is 2. The van der Waals surface area contributed by atoms with Gasteiger partial charge in [0, 0.05) is 36.0 Å². The molecule has 2 N–H and O–H groups in total. The number of phenolic OH excluding ortho intramolecular Hbond substituents is 2. The molecule has 130 valence electrons. The van der Waals surface area contributed by atoms with Gasteiger partial charge in [-0.25, -0.2) is 0 Å². The average Bonchev–Trinajstić information content (AvgIpc) is 2.87. The quantitative estimate of drug-likeness (QED) is 0.762. The van der Waals surface area contributed by atoms with E-state index in [0.717, 1.165) is 6.07 Å². The van der Waals surface area contributed by atoms with Gasteiger partial charge in [0.05, 0.1) is 12.2 Å². The van der Waals surface area contributed by atoms with Gasteiger partial charge in [-0.3, -0.25) is 9.59 Å². The normalized spacial score (nSPS) is 31.0. The number of carbonyl (C=O) groups is 2. The molecule has 1 aliphatic carbocycles. The van der Waals surface area contributed by atoms with Gasteiger partial charge >= 0.3 is 0 Å². The summed E-state index contributed by atoms with van der Waals surface area (Å²) in [5, 5.41) is 19.7. The van der Waals surface area contributed by atoms with Crippen molar-refractivity contribution < 1.29 is 29.3 Å². The van der Waals surface area contributed by atoms with Gasteiger partial charge in [-0.2, -0.15) is 0 Å². The van der Waals surface area contributed by atoms with Crippen LogP contribution in [0.3, 0.4) is 0 Å². The van der Waals surface area contributed by atoms with Crippen molar-refractivity contribution >= 4 is 11.6 Å². The van der Waals surface area contributed by atoms with E-state index in [1.165, 1.54) is 6.07 Å². The zero-order chi connectivity index (χ0) is 17.9. The maximum absolute atomic E-state index is 12.9. The van der Waals surface area contributed by atoms with Crippen molar-refractivity contribution in [3.05, 3.63) is 46.7 Å². The second-order valence-electron chi connectivity index (χ2n) is 6.78. The molecule has 0 spiro atoms. The van der Waals surface area contributed by atoms with Gasteiger partial charge in [-0.1, -0.05) is 12.2 Å². The van der Waals surface area contributed by atoms with Crippen LogP contribution in [0.1, 0.15) is 41.0 Å². The number of benzene rings is 1. The number of aromatic hydroxyl groups is 2. The first kappa shape index (κ1) is 15.9. The molecule has 0 radical (unpaired) electrons. The lowest BCUT2D eigenvalue weighted by Gasteiger charge is -2.39. The third kappa shape index (κ3) is 2.14. The highest BCUT2D eigenvalue weighted by molar-refractivity contribution is 6.27. The number of ketones is 2. The molecule has 3 aliphatic rings. The first-order valence-electron chi connectivity index (χ1n) is 8.20. The summed E-state index contributed by atoms with van der Waals surface area (Å²) in [5.74, 6) is -2.67. The van der Waals surface area contributed by atoms with E-state index in [4.69, 9.17) is 9.47 Å². The number of ether oxygens (including phenoxy) is 2. The molecule has 1 aromatic carbocycles. The molecule has 2 heterocycles. The van der Waals surface area contributed by atoms with Gasteiger partial charge in [0.15, 0.2) is 11.5 Å². The Kier molecular flexibility index (Phi) is 3.30. The van der Waals surface area contributed by atoms with E-state index in [1.807, 2.05) is 19.1 Å². The number of Topliss-reactive ketones (excluding diaryl/α,β-unsaturated/α-hetero) is 2. The van der Waals surface area contributed by atoms with E-state index in [1.54, 1.807) is 6.92 Å². The summed E-state index contributed by atoms with van der Waals surface area (Å²) in [6.07, 6.45) is 4.29. The zero-order valence-electron chi connectivity index (χ0n) is 13.9. The lowest BCUT2D eigenvalue weighted by molar-refractivity contribution is -0.199. The van der Waals surface area contributed by atoms with E-state index in [-0.39, 0.29) is 40.0 Å². The number of allylic oxidation sites excluding steroid dienone is 3. The number of rotatable bonds is 1. The molecule has 0 saturated carbocycles. The lowest BCUT2D eigenvalue weighted by atomic mass is 9.76. The van der Waals surface area contributed by atoms with Gasteiger partial charge in [0.1, 0.15) is 11.5 Å². The molecule has 4 rings (SSSR count). The van der Waals surface area contributed by atoms with Crippen LogP contribution in [0.25, 0.3) is 0 Å². The Morgan fingerprint density at radius 1 is 1.24 bits per heavy atom. The second-order valence-corrected chi connectivity index (χ2v) is 6.78. The predicted molar refractivity (Wildman–Crippen MR) is 87.3 cm³/mol. The van der Waals surface area contributed by atoms with Gasteiger partial charge in [0.25, 0.3) is 0 Å². The summed E-state index contributed by atoms with van der Waals surface area (Å²) in [6.45, 7) is 4.14. The number of phenols is 2. The molecule has 1 saturated heterocycles. The summed E-state index contributed by atoms with van der Waals surface area (Å²) in [6, 6.07) is 2.24. The van der Waals surface area contributed by atoms with Crippen LogP contribution in [0.5, 0.6) is 11.5 Å². The van der Waals surface area contributed by atoms with E-state index < -0.39 is 23.1 Å². The smallest absolute Gasteiger partial charge is 0.229 e. The second kappa shape index (κ2) is 5.20. The van der Waals surface area contributed by atoms with Crippen LogP contribution < -0.4 is 0 Å². The van der Waals surface area contributed by atoms with Crippen molar-refractivity contribution in [1.82, 2.24) is 0 Å². The highest BCUT2D eigenvalue weighted by Gasteiger charge is 2.54. The fourth-order valence-electron chi connectivity index (χ4n) is 4.01. The molecule has 2 aliphatic heterocycles. The van der Waals surface area contributed by atoms with Crippen LogP contribution in [0.15, 0.2) is 35.6 Å². The van der Waals surface area contributed by atoms with Crippen molar-refractivity contribution in [2.75, 3.05) is 6.61 Å². The predicted octanol–water partition coefficient (Wildman–Crippen LogP) is 2.71. The molecule has 0 aromatic heterocycles. The molecule has 6 nitrogen and oxygen atoms in total. The third-order valence-corrected chi connectivity index (χ3v) is 5.25. The van der Waals surface area contributed by atoms with Crippen LogP contribution >= 0.6 is 0 Å². The maximum Gasteiger partial charge on any atom is 0.229 e. The summed E-state index contributed by atoms with van der Waals surface area (Å²) < 4.78 is 11.7. The van der Waals surface area contributed by atoms with Crippen LogP contribution in [0, 0.1) is 11.8 Å². The summed E-state index contributed by atoms with van der Waals surface area (Å²) in [4.78, 5) is 25.7. The van der Waals surface area contributed by atoms with Gasteiger partial charge < -0.3 is 19.7 Å². The molecule has 0 amide bonds. The monoisotopic (exact) mass is 342 g/mol. The molecule has 0 bridgehead atoms. The van der Waals surface area contributed by atoms with Gasteiger partial charge in [0.2, 0.25) is 11.6 Å². The van der Waals surface area contributed by atoms with Gasteiger partial charge in [-0.05, 0) is 19.4 Å². The summed E-state index contributed by atoms with van der Waals surface area (Å²) >= 11 is 0. The SMILES string of the molecule is CC=CC1COC2(C)OC3=C(CC12)C(=O)c1c(O)cc(O)cc1C3=O. The molecular weight excluding hydrogens is 324 g/mol. The Labute approximate surface area is 144 Å². The minimum atomic E-state index is -0.977. The zero-order valence-corrected chi connectivity index (χ0v) is 13.9. The third-order valence-electron chi connectivity index (χ3n) is 5.25. The van der Waals surface area contributed by atoms with Crippen LogP contribution in [0.4, 0.5) is 0 Å². The first-order chi connectivity index (χ1) is 11.9. The first-order valence-corrected chi connectivity index (χ1v) is 8.20. The highest BCUT2D eigenvalue weighted by Crippen LogP contribution is 2.50. The van der Waals surface area contributed by atoms with Crippen LogP contribution in [-0.4, -0.2) is 34.2 Å². The lowest BCUT2D eigenvalue weighted by Crippen LogP contribution is -2.44. The van der Waals surface area contributed by atoms with Crippen molar-refractivity contribution in [2.45, 2.75) is 26.1 Å². The Morgan fingerprint density at radius 3 is 2.72 bits per heavy atom. The van der Waals surface area contributed by atoms with E-state index in [0.29, 0.717) is 13.0 Å². The number of carbonyl (C=O) groups excluding carboxylic acids is 2. The number of hydrogen-bond acceptors (Lipinski definition) is 6. The van der Waals surface area contributed by atoms with Crippen molar-refractivity contribution in [3.63, 3.8) is 0 Å². The Balaban J connectivity index is 1.83. The van der Waals surface area contributed by atoms with E-state index in [9.17, 15) is 19.8 Å². The van der Waals surface area contributed by atoms with Crippen molar-refractivity contribution in [2.24, 2.45) is 11.8 Å². The minimum absolute atomic E-state index is 0.0395. The summed E-state index contributed by atoms with van der Waals surface area (Å²) in [7, 11) is 0. The Hall–Kier alpha value is -2.60. The van der Waals surface area contributed by atoms with Crippen LogP contribution in [0.2, 0.25) is 0 Å². The molecule has 1 aromatic rings. The average molecular weight is 342 g/mol. The molecule has 6 heteroatoms. The molecular formula is C19H18O6. The summed E-state index contributed by atoms with van der Waals surface area (Å²) in [5.41, 5.74) is 0.141. The highest BCUT2D eigenvalue weighted by atomic mass is 16.7. The Morgan fingerprint density at radius 2 is 2.00 bits per heavy atom. The molecule has 1 fully saturated rings. The van der Waals surface area contributed by atoms with Gasteiger partial charge in [-0.15, -0.1) is 0 Å². The molecule has 25 heavy (non-hydrogen) atoms. The van der Waals surface area contributed by atoms with Crippen molar-refractivity contribution in [3.8, 4) is 11.5 Å². The molecule has 3 unspecified atom stereocenters. The van der Waals surface area contributed by atoms with Crippen molar-refractivity contribution in [1.29, 1.82) is 0 Å². The Bertz CT molecular complexity index is 865. The van der Waals surface area contributed by atoms with E-state index >= 15 is 0 Å². The maximum atomic E-state index is 12.9. The van der Waals surface area contributed by atoms with Crippen LogP contribution in [-0.2, 0) is 9.47 Å². The molecule has 3 atom stereocenters.